The number of carbonyl (C=O) groups excluding carboxylic acids is 6. The summed E-state index contributed by atoms with van der Waals surface area (Å²) in [6.07, 6.45) is -1.88. The van der Waals surface area contributed by atoms with Crippen LogP contribution >= 0.6 is 0 Å². The van der Waals surface area contributed by atoms with Crippen molar-refractivity contribution in [3.8, 4) is 23.9 Å². The predicted octanol–water partition coefficient (Wildman–Crippen LogP) is 2.37. The molecule has 0 spiro atoms. The Hall–Kier alpha value is -8.36. The second kappa shape index (κ2) is 25.5. The van der Waals surface area contributed by atoms with Crippen LogP contribution in [0.2, 0.25) is 0 Å². The van der Waals surface area contributed by atoms with Crippen LogP contribution in [0.25, 0.3) is 0 Å². The van der Waals surface area contributed by atoms with Crippen molar-refractivity contribution in [3.05, 3.63) is 106 Å². The zero-order valence-electron chi connectivity index (χ0n) is 41.0. The first-order valence-corrected chi connectivity index (χ1v) is 26.8. The molecule has 2 aliphatic rings. The van der Waals surface area contributed by atoms with Crippen molar-refractivity contribution in [1.82, 2.24) is 24.7 Å². The van der Waals surface area contributed by atoms with E-state index >= 15 is 0 Å². The van der Waals surface area contributed by atoms with E-state index in [4.69, 9.17) is 23.7 Å². The van der Waals surface area contributed by atoms with Gasteiger partial charge in [-0.25, -0.2) is 31.2 Å². The number of piperidine rings is 2. The van der Waals surface area contributed by atoms with Gasteiger partial charge in [0.25, 0.3) is 5.91 Å². The summed E-state index contributed by atoms with van der Waals surface area (Å²) in [5.41, 5.74) is -0.445. The lowest BCUT2D eigenvalue weighted by Crippen LogP contribution is -2.43. The van der Waals surface area contributed by atoms with E-state index in [9.17, 15) is 56.1 Å². The smallest absolute Gasteiger partial charge is 0.389 e. The largest absolute Gasteiger partial charge is 0.467 e. The monoisotopic (exact) mass is 1070 g/mol. The molecule has 1 unspecified atom stereocenters. The molecule has 0 bridgehead atoms. The highest BCUT2D eigenvalue weighted by Gasteiger charge is 2.36. The van der Waals surface area contributed by atoms with Gasteiger partial charge in [-0.15, -0.1) is 0 Å². The molecule has 2 aromatic carbocycles. The molecule has 2 saturated heterocycles. The van der Waals surface area contributed by atoms with Gasteiger partial charge in [-0.1, -0.05) is 60.7 Å². The van der Waals surface area contributed by atoms with Gasteiger partial charge in [0.05, 0.1) is 35.8 Å². The lowest BCUT2D eigenvalue weighted by molar-refractivity contribution is -0.169. The fourth-order valence-electron chi connectivity index (χ4n) is 7.96. The van der Waals surface area contributed by atoms with E-state index in [1.54, 1.807) is 70.5 Å². The van der Waals surface area contributed by atoms with E-state index in [2.05, 4.69) is 24.7 Å². The Labute approximate surface area is 432 Å². The van der Waals surface area contributed by atoms with Gasteiger partial charge in [0.2, 0.25) is 43.6 Å². The third-order valence-electron chi connectivity index (χ3n) is 11.7. The second-order valence-corrected chi connectivity index (χ2v) is 20.3. The number of hydrogen-bond acceptors (Lipinski definition) is 21. The molecule has 4 heterocycles. The summed E-state index contributed by atoms with van der Waals surface area (Å²) in [4.78, 5) is 91.8. The second-order valence-electron chi connectivity index (χ2n) is 16.9. The number of ether oxygens (including phenoxy) is 5. The van der Waals surface area contributed by atoms with E-state index < -0.39 is 115 Å². The summed E-state index contributed by atoms with van der Waals surface area (Å²) in [7, 11) is -6.74. The number of aromatic nitrogens is 2. The number of esters is 3. The Balaban J connectivity index is 1.23. The SMILES string of the molecule is CCOC(=O)c1cc(C#N)c(N2CCC(C(=O)NS(=O)(=O)Cc3ccccc3)CC2)nc1OC(OC(=O)c1cc(C#N)c(N2CCC(C(=O)NS(=O)(=O)Cc3ccccc3)CC2)nc1OCC(=O)NC)C(=O)OCC. The van der Waals surface area contributed by atoms with Crippen LogP contribution in [0.15, 0.2) is 72.8 Å². The molecule has 6 rings (SSSR count). The van der Waals surface area contributed by atoms with Gasteiger partial charge in [0.1, 0.15) is 23.3 Å². The van der Waals surface area contributed by atoms with E-state index in [1.807, 2.05) is 12.1 Å². The molecular weight excluding hydrogens is 1020 g/mol. The zero-order chi connectivity index (χ0) is 54.3. The molecule has 4 aromatic rings. The van der Waals surface area contributed by atoms with Crippen molar-refractivity contribution >= 4 is 67.3 Å². The van der Waals surface area contributed by atoms with Crippen molar-refractivity contribution in [2.75, 3.05) is 62.8 Å². The molecule has 2 aromatic heterocycles. The summed E-state index contributed by atoms with van der Waals surface area (Å²) >= 11 is 0. The molecule has 396 valence electrons. The van der Waals surface area contributed by atoms with Crippen LogP contribution in [-0.4, -0.2) is 122 Å². The van der Waals surface area contributed by atoms with E-state index in [0.717, 1.165) is 12.1 Å². The van der Waals surface area contributed by atoms with Crippen LogP contribution in [-0.2, 0) is 64.9 Å². The molecule has 3 amide bonds. The molecular formula is C49H53N9O15S2. The minimum absolute atomic E-state index is 0.0270. The highest BCUT2D eigenvalue weighted by Crippen LogP contribution is 2.33. The first kappa shape index (κ1) is 55.9. The fraction of sp³-hybridized carbons (Fsp3) is 0.388. The third kappa shape index (κ3) is 15.1. The number of benzene rings is 2. The van der Waals surface area contributed by atoms with Gasteiger partial charge in [-0.05, 0) is 62.8 Å². The van der Waals surface area contributed by atoms with Gasteiger partial charge in [0.15, 0.2) is 18.2 Å². The van der Waals surface area contributed by atoms with Crippen molar-refractivity contribution in [1.29, 1.82) is 10.5 Å². The summed E-state index contributed by atoms with van der Waals surface area (Å²) in [6.45, 7) is 2.14. The normalized spacial score (nSPS) is 14.5. The molecule has 0 saturated carbocycles. The highest BCUT2D eigenvalue weighted by atomic mass is 32.2. The van der Waals surface area contributed by atoms with Gasteiger partial charge < -0.3 is 38.8 Å². The van der Waals surface area contributed by atoms with Gasteiger partial charge in [-0.3, -0.25) is 23.8 Å². The number of nitrogens with one attached hydrogen (secondary N) is 3. The Morgan fingerprint density at radius 1 is 0.667 bits per heavy atom. The maximum atomic E-state index is 14.2. The van der Waals surface area contributed by atoms with Crippen molar-refractivity contribution in [2.45, 2.75) is 57.3 Å². The molecule has 2 aliphatic heterocycles. The standard InChI is InChI=1S/C49H53N9O15S2/c1-4-69-46(62)38-25-36(27-51)41(58-22-18-34(19-23-58)43(61)56-75(67,68)30-32-14-10-7-11-15-32)54-45(38)72-49(48(64)70-5-2)73-47(63)37-24-35(26-50)40(53-44(37)71-28-39(59)52-3)57-20-16-33(17-21-57)42(60)55-74(65,66)29-31-12-8-6-9-13-31/h6-15,24-25,33-34,49H,4-5,16-23,28-30H2,1-3H3,(H,52,59)(H,55,60)(H,56,61). The number of nitriles is 2. The van der Waals surface area contributed by atoms with Crippen LogP contribution in [0.3, 0.4) is 0 Å². The highest BCUT2D eigenvalue weighted by molar-refractivity contribution is 7.89. The molecule has 26 heteroatoms. The van der Waals surface area contributed by atoms with E-state index in [-0.39, 0.29) is 87.8 Å². The van der Waals surface area contributed by atoms with Crippen LogP contribution < -0.4 is 34.0 Å². The summed E-state index contributed by atoms with van der Waals surface area (Å²) in [6, 6.07) is 22.7. The van der Waals surface area contributed by atoms with Gasteiger partial charge >= 0.3 is 24.2 Å². The fourth-order valence-corrected chi connectivity index (χ4v) is 10.3. The minimum Gasteiger partial charge on any atom is -0.467 e. The maximum Gasteiger partial charge on any atom is 0.389 e. The number of pyridine rings is 2. The number of carbonyl (C=O) groups is 6. The lowest BCUT2D eigenvalue weighted by Gasteiger charge is -2.33. The van der Waals surface area contributed by atoms with Gasteiger partial charge in [-0.2, -0.15) is 20.5 Å². The number of rotatable bonds is 21. The van der Waals surface area contributed by atoms with Crippen LogP contribution in [0.1, 0.15) is 82.5 Å². The Morgan fingerprint density at radius 3 is 1.53 bits per heavy atom. The van der Waals surface area contributed by atoms with Crippen LogP contribution in [0.5, 0.6) is 11.8 Å². The third-order valence-corrected chi connectivity index (χ3v) is 14.1. The Bertz CT molecular complexity index is 3080. The molecule has 2 fully saturated rings. The summed E-state index contributed by atoms with van der Waals surface area (Å²) in [5.74, 6) is -9.44. The summed E-state index contributed by atoms with van der Waals surface area (Å²) in [5, 5.41) is 22.9. The van der Waals surface area contributed by atoms with Crippen molar-refractivity contribution in [3.63, 3.8) is 0 Å². The van der Waals surface area contributed by atoms with E-state index in [1.165, 1.54) is 20.9 Å². The minimum atomic E-state index is -4.04. The first-order valence-electron chi connectivity index (χ1n) is 23.5. The lowest BCUT2D eigenvalue weighted by atomic mass is 9.96. The average molecular weight is 1070 g/mol. The molecule has 0 radical (unpaired) electrons. The van der Waals surface area contributed by atoms with Crippen molar-refractivity contribution < 1.29 is 69.3 Å². The number of hydrogen-bond donors (Lipinski definition) is 3. The molecule has 1 atom stereocenters. The number of amides is 3. The quantitative estimate of drug-likeness (QED) is 0.0612. The number of likely N-dealkylation sites (N-methyl/N-ethyl adjacent to an activating group) is 1. The Kier molecular flexibility index (Phi) is 19.0. The molecule has 0 aliphatic carbocycles. The van der Waals surface area contributed by atoms with Crippen LogP contribution in [0.4, 0.5) is 11.6 Å². The molecule has 24 nitrogen and oxygen atoms in total. The number of nitrogens with zero attached hydrogens (tertiary/aromatic N) is 6. The molecule has 3 N–H and O–H groups in total. The van der Waals surface area contributed by atoms with Crippen LogP contribution in [0, 0.1) is 34.5 Å². The number of anilines is 2. The van der Waals surface area contributed by atoms with E-state index in [0.29, 0.717) is 11.1 Å². The predicted molar refractivity (Wildman–Crippen MR) is 264 cm³/mol. The molecule has 75 heavy (non-hydrogen) atoms. The topological polar surface area (TPSA) is 333 Å². The average Bonchev–Trinajstić information content (AvgIpc) is 3.39. The Morgan fingerprint density at radius 2 is 1.11 bits per heavy atom. The maximum absolute atomic E-state index is 14.2. The van der Waals surface area contributed by atoms with Gasteiger partial charge in [0, 0.05) is 45.1 Å². The number of sulfonamides is 2. The summed E-state index contributed by atoms with van der Waals surface area (Å²) < 4.78 is 82.9. The van der Waals surface area contributed by atoms with Crippen molar-refractivity contribution in [2.24, 2.45) is 11.8 Å². The zero-order valence-corrected chi connectivity index (χ0v) is 42.6. The first-order chi connectivity index (χ1) is 35.9.